The maximum atomic E-state index is 11.4. The molecule has 5 nitrogen and oxygen atoms in total. The molecule has 0 aliphatic heterocycles. The van der Waals surface area contributed by atoms with Crippen LogP contribution in [0.3, 0.4) is 0 Å². The molecule has 0 aromatic rings. The molecule has 1 saturated carbocycles. The Morgan fingerprint density at radius 2 is 1.75 bits per heavy atom. The number of nitrogens with two attached hydrogens (primary N) is 1. The topological polar surface area (TPSA) is 92.4 Å². The molecular formula is C11H20N2O3. The summed E-state index contributed by atoms with van der Waals surface area (Å²) in [5.41, 5.74) is 4.19. The van der Waals surface area contributed by atoms with Crippen LogP contribution in [0.25, 0.3) is 0 Å². The van der Waals surface area contributed by atoms with Crippen molar-refractivity contribution in [1.29, 1.82) is 0 Å². The number of aliphatic carboxylic acids is 1. The van der Waals surface area contributed by atoms with Gasteiger partial charge in [-0.05, 0) is 19.8 Å². The lowest BCUT2D eigenvalue weighted by Crippen LogP contribution is -2.58. The average Bonchev–Trinajstić information content (AvgIpc) is 2.44. The van der Waals surface area contributed by atoms with Crippen molar-refractivity contribution >= 4 is 11.9 Å². The van der Waals surface area contributed by atoms with Crippen LogP contribution in [0.1, 0.15) is 45.4 Å². The van der Waals surface area contributed by atoms with Crippen LogP contribution in [0.5, 0.6) is 0 Å². The van der Waals surface area contributed by atoms with E-state index in [9.17, 15) is 14.7 Å². The van der Waals surface area contributed by atoms with Gasteiger partial charge < -0.3 is 10.8 Å². The average molecular weight is 228 g/mol. The summed E-state index contributed by atoms with van der Waals surface area (Å²) in [5, 5.41) is 12.2. The highest BCUT2D eigenvalue weighted by molar-refractivity contribution is 5.83. The van der Waals surface area contributed by atoms with Gasteiger partial charge in [-0.1, -0.05) is 25.7 Å². The molecule has 1 fully saturated rings. The molecule has 0 aromatic heterocycles. The maximum absolute atomic E-state index is 11.4. The van der Waals surface area contributed by atoms with Crippen LogP contribution < -0.4 is 11.1 Å². The summed E-state index contributed by atoms with van der Waals surface area (Å²) in [6.45, 7) is 1.61. The fraction of sp³-hybridized carbons (Fsp3) is 0.818. The third-order valence-corrected chi connectivity index (χ3v) is 3.29. The van der Waals surface area contributed by atoms with E-state index in [-0.39, 0.29) is 0 Å². The summed E-state index contributed by atoms with van der Waals surface area (Å²) in [5.74, 6) is -1.38. The van der Waals surface area contributed by atoms with Crippen LogP contribution in [0.4, 0.5) is 0 Å². The maximum Gasteiger partial charge on any atom is 0.323 e. The first-order chi connectivity index (χ1) is 7.48. The van der Waals surface area contributed by atoms with Gasteiger partial charge in [0.15, 0.2) is 0 Å². The van der Waals surface area contributed by atoms with Gasteiger partial charge in [-0.3, -0.25) is 14.9 Å². The molecule has 1 unspecified atom stereocenters. The zero-order chi connectivity index (χ0) is 12.2. The summed E-state index contributed by atoms with van der Waals surface area (Å²) in [6, 6.07) is -0.603. The highest BCUT2D eigenvalue weighted by Gasteiger charge is 2.40. The number of rotatable bonds is 4. The molecule has 1 rings (SSSR count). The van der Waals surface area contributed by atoms with Crippen molar-refractivity contribution in [2.45, 2.75) is 57.0 Å². The van der Waals surface area contributed by atoms with E-state index in [1.54, 1.807) is 6.92 Å². The van der Waals surface area contributed by atoms with E-state index < -0.39 is 23.5 Å². The number of hydrogen-bond donors (Lipinski definition) is 3. The Morgan fingerprint density at radius 3 is 2.12 bits per heavy atom. The molecule has 0 saturated heterocycles. The summed E-state index contributed by atoms with van der Waals surface area (Å²) in [6.07, 6.45) is 5.01. The lowest BCUT2D eigenvalue weighted by molar-refractivity contribution is -0.146. The second-order valence-electron chi connectivity index (χ2n) is 4.57. The number of primary amides is 1. The van der Waals surface area contributed by atoms with Gasteiger partial charge >= 0.3 is 5.97 Å². The molecule has 0 radical (unpaired) electrons. The van der Waals surface area contributed by atoms with Crippen molar-refractivity contribution in [2.75, 3.05) is 0 Å². The standard InChI is InChI=1S/C11H20N2O3/c1-8(9(12)14)13-11(10(15)16)6-4-2-3-5-7-11/h8,13H,2-7H2,1H3,(H2,12,14)(H,15,16). The Bertz CT molecular complexity index is 270. The molecular weight excluding hydrogens is 208 g/mol. The number of nitrogens with one attached hydrogen (secondary N) is 1. The summed E-state index contributed by atoms with van der Waals surface area (Å²) in [7, 11) is 0. The van der Waals surface area contributed by atoms with Crippen LogP contribution in [-0.4, -0.2) is 28.6 Å². The smallest absolute Gasteiger partial charge is 0.323 e. The second-order valence-corrected chi connectivity index (χ2v) is 4.57. The van der Waals surface area contributed by atoms with Crippen LogP contribution in [-0.2, 0) is 9.59 Å². The molecule has 1 aliphatic rings. The van der Waals surface area contributed by atoms with Crippen LogP contribution >= 0.6 is 0 Å². The number of carbonyl (C=O) groups is 2. The van der Waals surface area contributed by atoms with Gasteiger partial charge in [-0.2, -0.15) is 0 Å². The van der Waals surface area contributed by atoms with Gasteiger partial charge in [0.1, 0.15) is 5.54 Å². The Balaban J connectivity index is 2.78. The number of carboxylic acid groups (broad SMARTS) is 1. The van der Waals surface area contributed by atoms with Crippen LogP contribution in [0.2, 0.25) is 0 Å². The number of carbonyl (C=O) groups excluding carboxylic acids is 1. The Hall–Kier alpha value is -1.10. The zero-order valence-electron chi connectivity index (χ0n) is 9.66. The molecule has 0 bridgehead atoms. The fourth-order valence-corrected chi connectivity index (χ4v) is 2.24. The summed E-state index contributed by atoms with van der Waals surface area (Å²) >= 11 is 0. The molecule has 0 aromatic carbocycles. The third kappa shape index (κ3) is 2.95. The highest BCUT2D eigenvalue weighted by Crippen LogP contribution is 2.27. The zero-order valence-corrected chi connectivity index (χ0v) is 9.66. The van der Waals surface area contributed by atoms with E-state index in [1.165, 1.54) is 0 Å². The summed E-state index contributed by atoms with van der Waals surface area (Å²) < 4.78 is 0. The molecule has 0 spiro atoms. The molecule has 0 heterocycles. The molecule has 1 amide bonds. The van der Waals surface area contributed by atoms with Gasteiger partial charge in [0, 0.05) is 0 Å². The highest BCUT2D eigenvalue weighted by atomic mass is 16.4. The van der Waals surface area contributed by atoms with Crippen molar-refractivity contribution in [1.82, 2.24) is 5.32 Å². The number of hydrogen-bond acceptors (Lipinski definition) is 3. The van der Waals surface area contributed by atoms with Crippen LogP contribution in [0.15, 0.2) is 0 Å². The molecule has 5 heteroatoms. The molecule has 16 heavy (non-hydrogen) atoms. The molecule has 1 aliphatic carbocycles. The quantitative estimate of drug-likeness (QED) is 0.615. The van der Waals surface area contributed by atoms with E-state index in [1.807, 2.05) is 0 Å². The van der Waals surface area contributed by atoms with E-state index in [0.717, 1.165) is 25.7 Å². The molecule has 4 N–H and O–H groups in total. The fourth-order valence-electron chi connectivity index (χ4n) is 2.24. The van der Waals surface area contributed by atoms with E-state index in [2.05, 4.69) is 5.32 Å². The van der Waals surface area contributed by atoms with E-state index in [4.69, 9.17) is 5.73 Å². The first-order valence-corrected chi connectivity index (χ1v) is 5.78. The number of carboxylic acids is 1. The summed E-state index contributed by atoms with van der Waals surface area (Å²) in [4.78, 5) is 22.4. The lowest BCUT2D eigenvalue weighted by atomic mass is 9.89. The first-order valence-electron chi connectivity index (χ1n) is 5.78. The predicted molar refractivity (Wildman–Crippen MR) is 59.9 cm³/mol. The van der Waals surface area contributed by atoms with Crippen molar-refractivity contribution in [3.05, 3.63) is 0 Å². The van der Waals surface area contributed by atoms with E-state index in [0.29, 0.717) is 12.8 Å². The van der Waals surface area contributed by atoms with Gasteiger partial charge in [0.25, 0.3) is 0 Å². The minimum Gasteiger partial charge on any atom is -0.480 e. The van der Waals surface area contributed by atoms with Gasteiger partial charge in [-0.15, -0.1) is 0 Å². The predicted octanol–water partition coefficient (Wildman–Crippen LogP) is 0.627. The van der Waals surface area contributed by atoms with Crippen molar-refractivity contribution in [2.24, 2.45) is 5.73 Å². The lowest BCUT2D eigenvalue weighted by Gasteiger charge is -2.31. The Morgan fingerprint density at radius 1 is 1.25 bits per heavy atom. The minimum absolute atomic E-state index is 0.509. The minimum atomic E-state index is -0.967. The SMILES string of the molecule is CC(NC1(C(=O)O)CCCCCC1)C(N)=O. The van der Waals surface area contributed by atoms with Crippen molar-refractivity contribution in [3.63, 3.8) is 0 Å². The van der Waals surface area contributed by atoms with Crippen molar-refractivity contribution < 1.29 is 14.7 Å². The normalized spacial score (nSPS) is 22.1. The first kappa shape index (κ1) is 13.0. The van der Waals surface area contributed by atoms with Gasteiger partial charge in [-0.25, -0.2) is 0 Å². The number of amides is 1. The molecule has 1 atom stereocenters. The Kier molecular flexibility index (Phi) is 4.29. The Labute approximate surface area is 95.4 Å². The largest absolute Gasteiger partial charge is 0.480 e. The van der Waals surface area contributed by atoms with E-state index >= 15 is 0 Å². The van der Waals surface area contributed by atoms with Gasteiger partial charge in [0.2, 0.25) is 5.91 Å². The van der Waals surface area contributed by atoms with Crippen molar-refractivity contribution in [3.8, 4) is 0 Å². The second kappa shape index (κ2) is 5.30. The monoisotopic (exact) mass is 228 g/mol. The molecule has 92 valence electrons. The van der Waals surface area contributed by atoms with Crippen LogP contribution in [0, 0.1) is 0 Å². The third-order valence-electron chi connectivity index (χ3n) is 3.29. The van der Waals surface area contributed by atoms with Gasteiger partial charge in [0.05, 0.1) is 6.04 Å².